The van der Waals surface area contributed by atoms with Crippen molar-refractivity contribution in [2.75, 3.05) is 0 Å². The molecule has 0 saturated heterocycles. The highest BCUT2D eigenvalue weighted by atomic mass is 19.4. The number of phenolic OH excluding ortho intramolecular Hbond substituents is 1. The number of pyridine rings is 1. The average molecular weight is 414 g/mol. The van der Waals surface area contributed by atoms with Crippen LogP contribution in [0.3, 0.4) is 0 Å². The molecule has 2 heterocycles. The zero-order valence-electron chi connectivity index (χ0n) is 15.5. The lowest BCUT2D eigenvalue weighted by Gasteiger charge is -2.38. The van der Waals surface area contributed by atoms with Crippen LogP contribution in [0.5, 0.6) is 5.75 Å². The van der Waals surface area contributed by atoms with Crippen molar-refractivity contribution in [3.05, 3.63) is 58.0 Å². The molecule has 0 aliphatic heterocycles. The predicted molar refractivity (Wildman–Crippen MR) is 95.0 cm³/mol. The number of fused-ring (bicyclic) bond motifs is 1. The van der Waals surface area contributed by atoms with Crippen molar-refractivity contribution < 1.29 is 32.2 Å². The van der Waals surface area contributed by atoms with Crippen LogP contribution in [0.1, 0.15) is 31.4 Å². The highest BCUT2D eigenvalue weighted by molar-refractivity contribution is 5.67. The molecule has 1 unspecified atom stereocenters. The summed E-state index contributed by atoms with van der Waals surface area (Å²) in [6.45, 7) is 2.67. The Kier molecular flexibility index (Phi) is 4.94. The molecule has 0 radical (unpaired) electrons. The maximum absolute atomic E-state index is 13.9. The SMILES string of the molecule is CC(C)(CC(O)(Cc1c[nH]c2ocnc2c1=O)C(F)(F)F)c1cc(F)ccc1O. The molecule has 0 aliphatic carbocycles. The third-order valence-corrected chi connectivity index (χ3v) is 4.88. The Hall–Kier alpha value is -2.88. The first kappa shape index (κ1) is 20.8. The summed E-state index contributed by atoms with van der Waals surface area (Å²) in [5.74, 6) is -1.14. The molecule has 156 valence electrons. The molecule has 10 heteroatoms. The molecule has 2 aromatic heterocycles. The fourth-order valence-electron chi connectivity index (χ4n) is 3.47. The van der Waals surface area contributed by atoms with Crippen molar-refractivity contribution in [2.24, 2.45) is 0 Å². The second-order valence-electron chi connectivity index (χ2n) is 7.60. The number of hydrogen-bond acceptors (Lipinski definition) is 5. The number of rotatable bonds is 5. The van der Waals surface area contributed by atoms with Crippen LogP contribution in [0.4, 0.5) is 17.6 Å². The molecule has 1 aromatic carbocycles. The fraction of sp³-hybridized carbons (Fsp3) is 0.368. The van der Waals surface area contributed by atoms with E-state index >= 15 is 0 Å². The monoisotopic (exact) mass is 414 g/mol. The van der Waals surface area contributed by atoms with Gasteiger partial charge in [-0.25, -0.2) is 9.37 Å². The summed E-state index contributed by atoms with van der Waals surface area (Å²) in [4.78, 5) is 18.6. The number of aliphatic hydroxyl groups is 1. The summed E-state index contributed by atoms with van der Waals surface area (Å²) in [6.07, 6.45) is -5.11. The Morgan fingerprint density at radius 1 is 1.24 bits per heavy atom. The molecule has 0 aliphatic rings. The number of H-pyrrole nitrogens is 1. The number of aromatic nitrogens is 2. The zero-order valence-corrected chi connectivity index (χ0v) is 15.5. The second kappa shape index (κ2) is 6.87. The number of halogens is 4. The van der Waals surface area contributed by atoms with Crippen LogP contribution < -0.4 is 5.43 Å². The topological polar surface area (TPSA) is 99.4 Å². The van der Waals surface area contributed by atoms with Gasteiger partial charge in [0.25, 0.3) is 0 Å². The smallest absolute Gasteiger partial charge is 0.417 e. The van der Waals surface area contributed by atoms with Crippen molar-refractivity contribution in [2.45, 2.75) is 43.9 Å². The lowest BCUT2D eigenvalue weighted by molar-refractivity contribution is -0.266. The fourth-order valence-corrected chi connectivity index (χ4v) is 3.47. The molecule has 6 nitrogen and oxygen atoms in total. The number of phenols is 1. The van der Waals surface area contributed by atoms with Gasteiger partial charge in [-0.2, -0.15) is 13.2 Å². The highest BCUT2D eigenvalue weighted by Crippen LogP contribution is 2.44. The maximum atomic E-state index is 13.9. The van der Waals surface area contributed by atoms with Gasteiger partial charge in [0.05, 0.1) is 0 Å². The van der Waals surface area contributed by atoms with Gasteiger partial charge in [-0.05, 0) is 30.0 Å². The summed E-state index contributed by atoms with van der Waals surface area (Å²) >= 11 is 0. The van der Waals surface area contributed by atoms with Gasteiger partial charge in [-0.1, -0.05) is 13.8 Å². The van der Waals surface area contributed by atoms with Crippen LogP contribution in [-0.4, -0.2) is 32.0 Å². The number of oxazole rings is 1. The van der Waals surface area contributed by atoms with E-state index in [0.717, 1.165) is 30.8 Å². The van der Waals surface area contributed by atoms with Crippen LogP contribution in [-0.2, 0) is 11.8 Å². The lowest BCUT2D eigenvalue weighted by atomic mass is 9.73. The molecule has 3 N–H and O–H groups in total. The van der Waals surface area contributed by atoms with Gasteiger partial charge in [0.2, 0.25) is 11.1 Å². The van der Waals surface area contributed by atoms with E-state index in [9.17, 15) is 32.6 Å². The molecule has 0 bridgehead atoms. The minimum Gasteiger partial charge on any atom is -0.508 e. The van der Waals surface area contributed by atoms with Crippen LogP contribution in [0.15, 0.2) is 40.0 Å². The van der Waals surface area contributed by atoms with Crippen molar-refractivity contribution in [1.29, 1.82) is 0 Å². The van der Waals surface area contributed by atoms with E-state index < -0.39 is 47.0 Å². The number of nitrogens with one attached hydrogen (secondary N) is 1. The minimum absolute atomic E-state index is 0.000638. The summed E-state index contributed by atoms with van der Waals surface area (Å²) in [6, 6.07) is 2.92. The third-order valence-electron chi connectivity index (χ3n) is 4.88. The van der Waals surface area contributed by atoms with Gasteiger partial charge >= 0.3 is 6.18 Å². The van der Waals surface area contributed by atoms with E-state index in [1.807, 2.05) is 0 Å². The Morgan fingerprint density at radius 3 is 2.59 bits per heavy atom. The first-order valence-electron chi connectivity index (χ1n) is 8.56. The Balaban J connectivity index is 2.03. The molecule has 3 rings (SSSR count). The number of nitrogens with zero attached hydrogens (tertiary/aromatic N) is 1. The molecule has 1 atom stereocenters. The molecule has 3 aromatic rings. The summed E-state index contributed by atoms with van der Waals surface area (Å²) in [5.41, 5.74) is -6.25. The number of aromatic amines is 1. The van der Waals surface area contributed by atoms with Gasteiger partial charge in [-0.3, -0.25) is 4.79 Å². The van der Waals surface area contributed by atoms with Gasteiger partial charge in [0, 0.05) is 23.7 Å². The van der Waals surface area contributed by atoms with Gasteiger partial charge in [0.15, 0.2) is 17.5 Å². The maximum Gasteiger partial charge on any atom is 0.417 e. The molecule has 29 heavy (non-hydrogen) atoms. The molecular formula is C19H18F4N2O4. The van der Waals surface area contributed by atoms with Gasteiger partial charge in [0.1, 0.15) is 11.6 Å². The molecule has 0 amide bonds. The predicted octanol–water partition coefficient (Wildman–Crippen LogP) is 3.56. The standard InChI is InChI=1S/C19H18F4N2O4/c1-17(2,12-5-11(20)3-4-13(12)26)8-18(28,19(21,22)23)6-10-7-24-16-14(15(10)27)25-9-29-16/h3-5,7,9,26,28H,6,8H2,1-2H3,(H,24,27). The minimum atomic E-state index is -5.11. The van der Waals surface area contributed by atoms with Crippen LogP contribution in [0, 0.1) is 5.82 Å². The van der Waals surface area contributed by atoms with Crippen molar-refractivity contribution >= 4 is 11.2 Å². The van der Waals surface area contributed by atoms with Crippen LogP contribution in [0.2, 0.25) is 0 Å². The quantitative estimate of drug-likeness (QED) is 0.555. The van der Waals surface area contributed by atoms with E-state index in [4.69, 9.17) is 4.42 Å². The van der Waals surface area contributed by atoms with Gasteiger partial charge in [-0.15, -0.1) is 0 Å². The second-order valence-corrected chi connectivity index (χ2v) is 7.60. The molecular weight excluding hydrogens is 396 g/mol. The Morgan fingerprint density at radius 2 is 1.93 bits per heavy atom. The number of alkyl halides is 3. The van der Waals surface area contributed by atoms with Crippen molar-refractivity contribution in [3.63, 3.8) is 0 Å². The van der Waals surface area contributed by atoms with Crippen molar-refractivity contribution in [1.82, 2.24) is 9.97 Å². The number of hydrogen-bond donors (Lipinski definition) is 3. The number of aromatic hydroxyl groups is 1. The average Bonchev–Trinajstić information content (AvgIpc) is 3.07. The van der Waals surface area contributed by atoms with Crippen LogP contribution >= 0.6 is 0 Å². The Bertz CT molecular complexity index is 1100. The lowest BCUT2D eigenvalue weighted by Crippen LogP contribution is -2.51. The summed E-state index contributed by atoms with van der Waals surface area (Å²) in [7, 11) is 0. The summed E-state index contributed by atoms with van der Waals surface area (Å²) in [5, 5.41) is 20.6. The van der Waals surface area contributed by atoms with E-state index in [2.05, 4.69) is 9.97 Å². The van der Waals surface area contributed by atoms with E-state index in [0.29, 0.717) is 0 Å². The first-order valence-corrected chi connectivity index (χ1v) is 8.56. The normalized spacial score (nSPS) is 14.9. The number of benzene rings is 1. The van der Waals surface area contributed by atoms with Crippen LogP contribution in [0.25, 0.3) is 11.2 Å². The van der Waals surface area contributed by atoms with E-state index in [-0.39, 0.29) is 22.4 Å². The molecule has 0 saturated carbocycles. The first-order chi connectivity index (χ1) is 13.3. The molecule has 0 fully saturated rings. The largest absolute Gasteiger partial charge is 0.508 e. The Labute approximate surface area is 161 Å². The molecule has 0 spiro atoms. The van der Waals surface area contributed by atoms with E-state index in [1.54, 1.807) is 0 Å². The van der Waals surface area contributed by atoms with E-state index in [1.165, 1.54) is 13.8 Å². The summed E-state index contributed by atoms with van der Waals surface area (Å²) < 4.78 is 60.1. The van der Waals surface area contributed by atoms with Crippen molar-refractivity contribution in [3.8, 4) is 5.75 Å². The van der Waals surface area contributed by atoms with Gasteiger partial charge < -0.3 is 19.6 Å². The highest BCUT2D eigenvalue weighted by Gasteiger charge is 2.56. The third kappa shape index (κ3) is 3.84. The zero-order chi connectivity index (χ0) is 21.6.